The lowest BCUT2D eigenvalue weighted by Gasteiger charge is -2.42. The third-order valence-corrected chi connectivity index (χ3v) is 4.77. The van der Waals surface area contributed by atoms with Gasteiger partial charge in [-0.15, -0.1) is 0 Å². The molecule has 6 nitrogen and oxygen atoms in total. The summed E-state index contributed by atoms with van der Waals surface area (Å²) in [5.74, 6) is -1.15. The van der Waals surface area contributed by atoms with Crippen molar-refractivity contribution in [3.8, 4) is 0 Å². The summed E-state index contributed by atoms with van der Waals surface area (Å²) in [7, 11) is 0. The van der Waals surface area contributed by atoms with Crippen LogP contribution in [0.1, 0.15) is 11.1 Å². The second-order valence-electron chi connectivity index (χ2n) is 6.63. The maximum Gasteiger partial charge on any atom is 0.329 e. The van der Waals surface area contributed by atoms with E-state index in [1.54, 1.807) is 54.6 Å². The lowest BCUT2D eigenvalue weighted by atomic mass is 9.94. The molecule has 3 aromatic rings. The maximum atomic E-state index is 13.2. The molecule has 1 atom stereocenters. The molecular formula is C22H18FN3O3. The Bertz CT molecular complexity index is 1060. The average Bonchev–Trinajstić information content (AvgIpc) is 2.74. The molecule has 0 radical (unpaired) electrons. The van der Waals surface area contributed by atoms with Crippen LogP contribution in [-0.4, -0.2) is 17.0 Å². The first-order chi connectivity index (χ1) is 14.0. The van der Waals surface area contributed by atoms with E-state index in [1.807, 2.05) is 0 Å². The predicted molar refractivity (Wildman–Crippen MR) is 107 cm³/mol. The molecule has 0 unspecified atom stereocenters. The van der Waals surface area contributed by atoms with Gasteiger partial charge >= 0.3 is 6.03 Å². The fourth-order valence-corrected chi connectivity index (χ4v) is 3.35. The molecule has 1 heterocycles. The number of benzene rings is 3. The van der Waals surface area contributed by atoms with Gasteiger partial charge in [-0.05, 0) is 35.9 Å². The van der Waals surface area contributed by atoms with Gasteiger partial charge in [0.15, 0.2) is 0 Å². The number of hydrogen-bond donors (Lipinski definition) is 3. The minimum atomic E-state index is -2.26. The van der Waals surface area contributed by atoms with Gasteiger partial charge in [0.25, 0.3) is 11.6 Å². The Kier molecular flexibility index (Phi) is 4.74. The summed E-state index contributed by atoms with van der Waals surface area (Å²) in [5.41, 5.74) is -0.647. The summed E-state index contributed by atoms with van der Waals surface area (Å²) in [6.45, 7) is 0.0633. The SMILES string of the molecule is O=C1Nc2ccccc2[C@@](O)(C(=O)NCc2ccc(F)cc2)N1c1ccccc1. The molecule has 29 heavy (non-hydrogen) atoms. The first-order valence-corrected chi connectivity index (χ1v) is 9.01. The highest BCUT2D eigenvalue weighted by molar-refractivity contribution is 6.11. The Labute approximate surface area is 166 Å². The number of amides is 3. The van der Waals surface area contributed by atoms with Crippen molar-refractivity contribution in [1.82, 2.24) is 5.32 Å². The Morgan fingerprint density at radius 2 is 1.66 bits per heavy atom. The predicted octanol–water partition coefficient (Wildman–Crippen LogP) is 3.34. The van der Waals surface area contributed by atoms with Crippen molar-refractivity contribution in [3.63, 3.8) is 0 Å². The molecule has 0 aliphatic carbocycles. The van der Waals surface area contributed by atoms with Crippen LogP contribution < -0.4 is 15.5 Å². The van der Waals surface area contributed by atoms with Gasteiger partial charge in [0.2, 0.25) is 0 Å². The highest BCUT2D eigenvalue weighted by Gasteiger charge is 2.51. The molecule has 3 amide bonds. The number of urea groups is 1. The zero-order valence-corrected chi connectivity index (χ0v) is 15.3. The zero-order valence-electron chi connectivity index (χ0n) is 15.3. The van der Waals surface area contributed by atoms with Crippen LogP contribution >= 0.6 is 0 Å². The fourth-order valence-electron chi connectivity index (χ4n) is 3.35. The maximum absolute atomic E-state index is 13.2. The van der Waals surface area contributed by atoms with Gasteiger partial charge in [0, 0.05) is 17.8 Å². The molecule has 4 rings (SSSR count). The molecular weight excluding hydrogens is 373 g/mol. The van der Waals surface area contributed by atoms with Crippen LogP contribution in [0.4, 0.5) is 20.6 Å². The molecule has 0 fully saturated rings. The van der Waals surface area contributed by atoms with Crippen LogP contribution in [0.2, 0.25) is 0 Å². The van der Waals surface area contributed by atoms with Crippen LogP contribution in [0.25, 0.3) is 0 Å². The summed E-state index contributed by atoms with van der Waals surface area (Å²) in [6.07, 6.45) is 0. The van der Waals surface area contributed by atoms with E-state index in [0.29, 0.717) is 16.9 Å². The van der Waals surface area contributed by atoms with Crippen molar-refractivity contribution in [2.75, 3.05) is 10.2 Å². The minimum Gasteiger partial charge on any atom is -0.359 e. The monoisotopic (exact) mass is 391 g/mol. The Morgan fingerprint density at radius 1 is 1.00 bits per heavy atom. The molecule has 1 aliphatic heterocycles. The van der Waals surface area contributed by atoms with E-state index in [1.165, 1.54) is 24.3 Å². The van der Waals surface area contributed by atoms with E-state index in [2.05, 4.69) is 10.6 Å². The molecule has 0 saturated heterocycles. The number of hydrogen-bond acceptors (Lipinski definition) is 3. The van der Waals surface area contributed by atoms with Crippen molar-refractivity contribution in [3.05, 3.63) is 95.8 Å². The van der Waals surface area contributed by atoms with Gasteiger partial charge < -0.3 is 15.7 Å². The summed E-state index contributed by atoms with van der Waals surface area (Å²) in [5, 5.41) is 17.0. The van der Waals surface area contributed by atoms with Crippen molar-refractivity contribution in [2.24, 2.45) is 0 Å². The number of fused-ring (bicyclic) bond motifs is 1. The number of nitrogens with one attached hydrogen (secondary N) is 2. The van der Waals surface area contributed by atoms with Crippen LogP contribution in [0.15, 0.2) is 78.9 Å². The van der Waals surface area contributed by atoms with Crippen molar-refractivity contribution in [1.29, 1.82) is 0 Å². The topological polar surface area (TPSA) is 81.7 Å². The molecule has 0 bridgehead atoms. The third kappa shape index (κ3) is 3.32. The Hall–Kier alpha value is -3.71. The van der Waals surface area contributed by atoms with Gasteiger partial charge in [-0.1, -0.05) is 48.5 Å². The summed E-state index contributed by atoms with van der Waals surface area (Å²) in [6, 6.07) is 20.1. The van der Waals surface area contributed by atoms with Gasteiger partial charge in [-0.25, -0.2) is 9.18 Å². The molecule has 0 saturated carbocycles. The van der Waals surface area contributed by atoms with Crippen LogP contribution in [0.5, 0.6) is 0 Å². The van der Waals surface area contributed by atoms with Crippen LogP contribution in [0, 0.1) is 5.82 Å². The molecule has 146 valence electrons. The first kappa shape index (κ1) is 18.6. The smallest absolute Gasteiger partial charge is 0.329 e. The molecule has 3 N–H and O–H groups in total. The van der Waals surface area contributed by atoms with Crippen molar-refractivity contribution < 1.29 is 19.1 Å². The highest BCUT2D eigenvalue weighted by Crippen LogP contribution is 2.39. The van der Waals surface area contributed by atoms with Gasteiger partial charge in [0.05, 0.1) is 5.69 Å². The largest absolute Gasteiger partial charge is 0.359 e. The second kappa shape index (κ2) is 7.37. The number of carbonyl (C=O) groups is 2. The molecule has 7 heteroatoms. The lowest BCUT2D eigenvalue weighted by molar-refractivity contribution is -0.140. The van der Waals surface area contributed by atoms with E-state index < -0.39 is 17.7 Å². The quantitative estimate of drug-likeness (QED) is 0.638. The van der Waals surface area contributed by atoms with Gasteiger partial charge in [-0.3, -0.25) is 9.69 Å². The first-order valence-electron chi connectivity index (χ1n) is 9.01. The van der Waals surface area contributed by atoms with E-state index in [9.17, 15) is 19.1 Å². The van der Waals surface area contributed by atoms with Crippen molar-refractivity contribution in [2.45, 2.75) is 12.3 Å². The number of halogens is 1. The van der Waals surface area contributed by atoms with Crippen molar-refractivity contribution >= 4 is 23.3 Å². The number of nitrogens with zero attached hydrogens (tertiary/aromatic N) is 1. The molecule has 1 aliphatic rings. The normalized spacial score (nSPS) is 18.0. The summed E-state index contributed by atoms with van der Waals surface area (Å²) < 4.78 is 13.1. The highest BCUT2D eigenvalue weighted by atomic mass is 19.1. The standard InChI is InChI=1S/C22H18FN3O3/c23-16-12-10-15(11-13-16)14-24-20(27)22(29)18-8-4-5-9-19(18)25-21(28)26(22)17-6-2-1-3-7-17/h1-13,29H,14H2,(H,24,27)(H,25,28)/t22-/m1/s1. The zero-order chi connectivity index (χ0) is 20.4. The lowest BCUT2D eigenvalue weighted by Crippen LogP contribution is -2.62. The van der Waals surface area contributed by atoms with E-state index >= 15 is 0 Å². The average molecular weight is 391 g/mol. The third-order valence-electron chi connectivity index (χ3n) is 4.77. The van der Waals surface area contributed by atoms with E-state index in [-0.39, 0.29) is 17.9 Å². The van der Waals surface area contributed by atoms with Gasteiger partial charge in [-0.2, -0.15) is 0 Å². The molecule has 3 aromatic carbocycles. The number of para-hydroxylation sites is 2. The second-order valence-corrected chi connectivity index (χ2v) is 6.63. The fraction of sp³-hybridized carbons (Fsp3) is 0.0909. The Balaban J connectivity index is 1.73. The number of carbonyl (C=O) groups excluding carboxylic acids is 2. The Morgan fingerprint density at radius 3 is 2.38 bits per heavy atom. The van der Waals surface area contributed by atoms with Crippen LogP contribution in [0.3, 0.4) is 0 Å². The molecule has 0 aromatic heterocycles. The number of anilines is 2. The minimum absolute atomic E-state index is 0.0633. The van der Waals surface area contributed by atoms with Gasteiger partial charge in [0.1, 0.15) is 5.82 Å². The number of rotatable bonds is 4. The van der Waals surface area contributed by atoms with Crippen LogP contribution in [-0.2, 0) is 17.1 Å². The van der Waals surface area contributed by atoms with E-state index in [4.69, 9.17) is 0 Å². The summed E-state index contributed by atoms with van der Waals surface area (Å²) in [4.78, 5) is 27.0. The molecule has 0 spiro atoms. The number of aliphatic hydroxyl groups is 1. The summed E-state index contributed by atoms with van der Waals surface area (Å²) >= 11 is 0. The van der Waals surface area contributed by atoms with E-state index in [0.717, 1.165) is 4.90 Å².